The third-order valence-electron chi connectivity index (χ3n) is 4.01. The number of benzene rings is 1. The maximum Gasteiger partial charge on any atom is 0.222 e. The summed E-state index contributed by atoms with van der Waals surface area (Å²) in [5.74, 6) is 0.177. The third-order valence-corrected chi connectivity index (χ3v) is 4.01. The molecule has 4 heteroatoms. The Morgan fingerprint density at radius 1 is 1.43 bits per heavy atom. The second-order valence-corrected chi connectivity index (χ2v) is 5.91. The van der Waals surface area contributed by atoms with Crippen molar-refractivity contribution in [3.05, 3.63) is 35.4 Å². The van der Waals surface area contributed by atoms with E-state index in [0.29, 0.717) is 19.5 Å². The average Bonchev–Trinajstić information content (AvgIpc) is 2.83. The average molecular weight is 290 g/mol. The molecule has 116 valence electrons. The van der Waals surface area contributed by atoms with Crippen molar-refractivity contribution in [2.24, 2.45) is 0 Å². The highest BCUT2D eigenvalue weighted by Crippen LogP contribution is 2.12. The highest BCUT2D eigenvalue weighted by atomic mass is 16.3. The second-order valence-electron chi connectivity index (χ2n) is 5.91. The summed E-state index contributed by atoms with van der Waals surface area (Å²) in [5.41, 5.74) is 2.52. The summed E-state index contributed by atoms with van der Waals surface area (Å²) >= 11 is 0. The first-order valence-electron chi connectivity index (χ1n) is 7.82. The molecule has 1 heterocycles. The summed E-state index contributed by atoms with van der Waals surface area (Å²) in [7, 11) is 0. The van der Waals surface area contributed by atoms with E-state index in [4.69, 9.17) is 0 Å². The summed E-state index contributed by atoms with van der Waals surface area (Å²) in [6.45, 7) is 7.77. The number of likely N-dealkylation sites (tertiary alicyclic amines) is 1. The lowest BCUT2D eigenvalue weighted by Crippen LogP contribution is -2.40. The number of likely N-dealkylation sites (N-methyl/N-ethyl adjacent to an activating group) is 1. The van der Waals surface area contributed by atoms with Crippen LogP contribution < -0.4 is 0 Å². The van der Waals surface area contributed by atoms with Crippen molar-refractivity contribution in [2.75, 3.05) is 26.2 Å². The number of aliphatic hydroxyl groups is 1. The molecule has 0 saturated carbocycles. The van der Waals surface area contributed by atoms with Crippen LogP contribution in [0.1, 0.15) is 30.9 Å². The highest BCUT2D eigenvalue weighted by Gasteiger charge is 2.23. The van der Waals surface area contributed by atoms with Gasteiger partial charge >= 0.3 is 0 Å². The van der Waals surface area contributed by atoms with E-state index in [1.807, 2.05) is 0 Å². The first-order valence-corrected chi connectivity index (χ1v) is 7.82. The smallest absolute Gasteiger partial charge is 0.222 e. The fourth-order valence-corrected chi connectivity index (χ4v) is 2.88. The molecule has 4 nitrogen and oxygen atoms in total. The van der Waals surface area contributed by atoms with Gasteiger partial charge in [0.1, 0.15) is 0 Å². The number of nitrogens with zero attached hydrogens (tertiary/aromatic N) is 2. The number of hydrogen-bond acceptors (Lipinski definition) is 3. The van der Waals surface area contributed by atoms with Crippen LogP contribution in [-0.2, 0) is 11.3 Å². The predicted molar refractivity (Wildman–Crippen MR) is 84.0 cm³/mol. The summed E-state index contributed by atoms with van der Waals surface area (Å²) in [4.78, 5) is 15.6. The maximum atomic E-state index is 11.6. The fraction of sp³-hybridized carbons (Fsp3) is 0.588. The molecule has 1 unspecified atom stereocenters. The van der Waals surface area contributed by atoms with Gasteiger partial charge in [0.25, 0.3) is 0 Å². The molecule has 1 amide bonds. The van der Waals surface area contributed by atoms with Crippen molar-refractivity contribution in [2.45, 2.75) is 39.3 Å². The molecule has 1 saturated heterocycles. The van der Waals surface area contributed by atoms with E-state index >= 15 is 0 Å². The Morgan fingerprint density at radius 3 is 2.86 bits per heavy atom. The standard InChI is InChI=1S/C17H26N2O2/c1-3-18(11-15-7-4-6-14(2)10-15)12-16(20)13-19-9-5-8-17(19)21/h4,6-7,10,16,20H,3,5,8-9,11-13H2,1-2H3. The maximum absolute atomic E-state index is 11.6. The summed E-state index contributed by atoms with van der Waals surface area (Å²) in [5, 5.41) is 10.2. The fourth-order valence-electron chi connectivity index (χ4n) is 2.88. The van der Waals surface area contributed by atoms with Crippen molar-refractivity contribution < 1.29 is 9.90 Å². The predicted octanol–water partition coefficient (Wildman–Crippen LogP) is 1.80. The molecule has 21 heavy (non-hydrogen) atoms. The third kappa shape index (κ3) is 4.83. The van der Waals surface area contributed by atoms with Crippen molar-refractivity contribution in [1.82, 2.24) is 9.80 Å². The van der Waals surface area contributed by atoms with Crippen LogP contribution in [0.5, 0.6) is 0 Å². The van der Waals surface area contributed by atoms with Gasteiger partial charge in [-0.1, -0.05) is 36.8 Å². The largest absolute Gasteiger partial charge is 0.390 e. The molecule has 0 bridgehead atoms. The molecule has 1 N–H and O–H groups in total. The number of amides is 1. The Kier molecular flexibility index (Phi) is 5.76. The zero-order valence-corrected chi connectivity index (χ0v) is 13.1. The Hall–Kier alpha value is -1.39. The number of aliphatic hydroxyl groups excluding tert-OH is 1. The number of aryl methyl sites for hydroxylation is 1. The molecule has 1 aromatic carbocycles. The van der Waals surface area contributed by atoms with E-state index in [9.17, 15) is 9.90 Å². The molecule has 1 aliphatic heterocycles. The molecule has 2 rings (SSSR count). The van der Waals surface area contributed by atoms with E-state index in [2.05, 4.69) is 43.0 Å². The quantitative estimate of drug-likeness (QED) is 0.833. The Labute approximate surface area is 127 Å². The van der Waals surface area contributed by atoms with Gasteiger partial charge in [-0.15, -0.1) is 0 Å². The van der Waals surface area contributed by atoms with Crippen LogP contribution in [-0.4, -0.2) is 53.1 Å². The van der Waals surface area contributed by atoms with Crippen LogP contribution in [0.25, 0.3) is 0 Å². The van der Waals surface area contributed by atoms with Gasteiger partial charge in [-0.25, -0.2) is 0 Å². The van der Waals surface area contributed by atoms with E-state index in [0.717, 1.165) is 26.1 Å². The Morgan fingerprint density at radius 2 is 2.24 bits per heavy atom. The van der Waals surface area contributed by atoms with Crippen LogP contribution in [0, 0.1) is 6.92 Å². The van der Waals surface area contributed by atoms with Gasteiger partial charge in [0.05, 0.1) is 6.10 Å². The number of β-amino-alcohol motifs (C(OH)–C–C–N with tert-alkyl or cyclic N) is 1. The SMILES string of the molecule is CCN(Cc1cccc(C)c1)CC(O)CN1CCCC1=O. The van der Waals surface area contributed by atoms with Gasteiger partial charge in [-0.3, -0.25) is 9.69 Å². The van der Waals surface area contributed by atoms with Crippen molar-refractivity contribution in [3.8, 4) is 0 Å². The molecular formula is C17H26N2O2. The lowest BCUT2D eigenvalue weighted by atomic mass is 10.1. The normalized spacial score (nSPS) is 16.8. The molecular weight excluding hydrogens is 264 g/mol. The Balaban J connectivity index is 1.85. The van der Waals surface area contributed by atoms with Gasteiger partial charge in [-0.2, -0.15) is 0 Å². The van der Waals surface area contributed by atoms with Gasteiger partial charge in [0, 0.05) is 32.6 Å². The second kappa shape index (κ2) is 7.57. The molecule has 0 spiro atoms. The lowest BCUT2D eigenvalue weighted by molar-refractivity contribution is -0.129. The van der Waals surface area contributed by atoms with E-state index < -0.39 is 6.10 Å². The monoisotopic (exact) mass is 290 g/mol. The minimum atomic E-state index is -0.475. The van der Waals surface area contributed by atoms with Crippen LogP contribution in [0.2, 0.25) is 0 Å². The highest BCUT2D eigenvalue weighted by molar-refractivity contribution is 5.78. The van der Waals surface area contributed by atoms with Gasteiger partial charge < -0.3 is 10.0 Å². The zero-order chi connectivity index (χ0) is 15.2. The van der Waals surface area contributed by atoms with Crippen LogP contribution >= 0.6 is 0 Å². The van der Waals surface area contributed by atoms with Crippen molar-refractivity contribution in [1.29, 1.82) is 0 Å². The van der Waals surface area contributed by atoms with Gasteiger partial charge in [-0.05, 0) is 25.5 Å². The van der Waals surface area contributed by atoms with Crippen LogP contribution in [0.4, 0.5) is 0 Å². The first kappa shape index (κ1) is 16.0. The number of hydrogen-bond donors (Lipinski definition) is 1. The summed E-state index contributed by atoms with van der Waals surface area (Å²) in [6, 6.07) is 8.45. The van der Waals surface area contributed by atoms with Crippen molar-refractivity contribution >= 4 is 5.91 Å². The van der Waals surface area contributed by atoms with E-state index in [-0.39, 0.29) is 5.91 Å². The topological polar surface area (TPSA) is 43.8 Å². The molecule has 1 atom stereocenters. The Bertz CT molecular complexity index is 476. The number of carbonyl (C=O) groups is 1. The molecule has 0 aromatic heterocycles. The van der Waals surface area contributed by atoms with Crippen LogP contribution in [0.3, 0.4) is 0 Å². The number of carbonyl (C=O) groups excluding carboxylic acids is 1. The van der Waals surface area contributed by atoms with Gasteiger partial charge in [0.2, 0.25) is 5.91 Å². The molecule has 1 aromatic rings. The lowest BCUT2D eigenvalue weighted by Gasteiger charge is -2.26. The van der Waals surface area contributed by atoms with E-state index in [1.54, 1.807) is 4.90 Å². The molecule has 1 aliphatic rings. The summed E-state index contributed by atoms with van der Waals surface area (Å²) < 4.78 is 0. The molecule has 1 fully saturated rings. The zero-order valence-electron chi connectivity index (χ0n) is 13.1. The number of rotatable bonds is 7. The van der Waals surface area contributed by atoms with Crippen LogP contribution in [0.15, 0.2) is 24.3 Å². The minimum Gasteiger partial charge on any atom is -0.390 e. The van der Waals surface area contributed by atoms with E-state index in [1.165, 1.54) is 11.1 Å². The van der Waals surface area contributed by atoms with Crippen molar-refractivity contribution in [3.63, 3.8) is 0 Å². The first-order chi connectivity index (χ1) is 10.1. The molecule has 0 radical (unpaired) electrons. The summed E-state index contributed by atoms with van der Waals surface area (Å²) in [6.07, 6.45) is 1.08. The minimum absolute atomic E-state index is 0.177. The van der Waals surface area contributed by atoms with Gasteiger partial charge in [0.15, 0.2) is 0 Å². The molecule has 0 aliphatic carbocycles.